The number of amides is 1. The van der Waals surface area contributed by atoms with Crippen molar-refractivity contribution < 1.29 is 28.9 Å². The maximum Gasteiger partial charge on any atom is 0.408 e. The molecule has 0 aliphatic rings. The van der Waals surface area contributed by atoms with Gasteiger partial charge in [-0.1, -0.05) is 6.58 Å². The number of carboxylic acids is 1. The second-order valence-corrected chi connectivity index (χ2v) is 2.69. The molecule has 0 saturated heterocycles. The van der Waals surface area contributed by atoms with Gasteiger partial charge in [-0.05, 0) is 13.8 Å². The van der Waals surface area contributed by atoms with E-state index in [9.17, 15) is 9.59 Å². The first kappa shape index (κ1) is 17.8. The lowest BCUT2D eigenvalue weighted by molar-refractivity contribution is -0.340. The van der Waals surface area contributed by atoms with Gasteiger partial charge < -0.3 is 25.1 Å². The van der Waals surface area contributed by atoms with Gasteiger partial charge >= 0.3 is 18.0 Å². The average Bonchev–Trinajstić information content (AvgIpc) is 2.17. The minimum Gasteiger partial charge on any atom is -0.478 e. The van der Waals surface area contributed by atoms with Gasteiger partial charge in [0.1, 0.15) is 0 Å². The molecule has 100 valence electrons. The molecule has 0 aliphatic heterocycles. The summed E-state index contributed by atoms with van der Waals surface area (Å²) >= 11 is 0. The van der Waals surface area contributed by atoms with Crippen LogP contribution < -0.4 is 5.73 Å². The molecular formula is C10H19NO6. The zero-order chi connectivity index (χ0) is 13.9. The van der Waals surface area contributed by atoms with E-state index in [2.05, 4.69) is 11.3 Å². The van der Waals surface area contributed by atoms with Gasteiger partial charge in [0.05, 0.1) is 13.2 Å². The molecule has 0 aliphatic carbocycles. The summed E-state index contributed by atoms with van der Waals surface area (Å²) in [6.45, 7) is 8.74. The van der Waals surface area contributed by atoms with Crippen LogP contribution in [-0.2, 0) is 19.0 Å². The Bertz CT molecular complexity index is 247. The molecule has 0 spiro atoms. The van der Waals surface area contributed by atoms with Crippen molar-refractivity contribution in [2.75, 3.05) is 13.2 Å². The molecule has 0 heterocycles. The molecule has 3 N–H and O–H groups in total. The largest absolute Gasteiger partial charge is 0.478 e. The number of hydrogen-bond acceptors (Lipinski definition) is 5. The molecule has 0 fully saturated rings. The number of carbonyl (C=O) groups excluding carboxylic acids is 1. The van der Waals surface area contributed by atoms with Crippen LogP contribution in [0.4, 0.5) is 4.79 Å². The standard InChI is InChI=1S/C7H15NO4.C3H4O2/c1-4-10-7(3,11-5-2)12-6(8)9;1-2-3(4)5/h4-5H2,1-3H3,(H2,8,9);2H,1H2,(H,4,5). The van der Waals surface area contributed by atoms with Crippen molar-refractivity contribution in [3.63, 3.8) is 0 Å². The number of carbonyl (C=O) groups is 2. The topological polar surface area (TPSA) is 108 Å². The number of carboxylic acid groups (broad SMARTS) is 1. The molecule has 0 aromatic rings. The number of primary amides is 1. The molecule has 0 aromatic heterocycles. The number of aliphatic carboxylic acids is 1. The molecule has 0 saturated carbocycles. The summed E-state index contributed by atoms with van der Waals surface area (Å²) in [5, 5.41) is 7.60. The van der Waals surface area contributed by atoms with Crippen LogP contribution in [0.3, 0.4) is 0 Å². The maximum absolute atomic E-state index is 10.4. The van der Waals surface area contributed by atoms with Crippen molar-refractivity contribution >= 4 is 12.1 Å². The molecule has 0 bridgehead atoms. The lowest BCUT2D eigenvalue weighted by Crippen LogP contribution is -2.39. The van der Waals surface area contributed by atoms with Crippen molar-refractivity contribution in [2.24, 2.45) is 5.73 Å². The zero-order valence-corrected chi connectivity index (χ0v) is 10.3. The smallest absolute Gasteiger partial charge is 0.408 e. The van der Waals surface area contributed by atoms with E-state index in [1.54, 1.807) is 13.8 Å². The summed E-state index contributed by atoms with van der Waals surface area (Å²) in [6.07, 6.45) is -0.0839. The Morgan fingerprint density at radius 3 is 1.88 bits per heavy atom. The Morgan fingerprint density at radius 2 is 1.71 bits per heavy atom. The van der Waals surface area contributed by atoms with Crippen molar-refractivity contribution in [1.82, 2.24) is 0 Å². The van der Waals surface area contributed by atoms with E-state index in [0.717, 1.165) is 6.08 Å². The number of nitrogens with two attached hydrogens (primary N) is 1. The van der Waals surface area contributed by atoms with Gasteiger partial charge in [-0.15, -0.1) is 0 Å². The van der Waals surface area contributed by atoms with Gasteiger partial charge in [0, 0.05) is 13.0 Å². The highest BCUT2D eigenvalue weighted by atomic mass is 16.9. The van der Waals surface area contributed by atoms with Crippen LogP contribution in [0.15, 0.2) is 12.7 Å². The minimum atomic E-state index is -1.35. The number of rotatable bonds is 6. The molecule has 17 heavy (non-hydrogen) atoms. The first-order chi connectivity index (χ1) is 7.81. The summed E-state index contributed by atoms with van der Waals surface area (Å²) in [5.74, 6) is -2.33. The fourth-order valence-electron chi connectivity index (χ4n) is 0.808. The van der Waals surface area contributed by atoms with Gasteiger partial charge in [-0.25, -0.2) is 9.59 Å². The molecule has 0 atom stereocenters. The summed E-state index contributed by atoms with van der Waals surface area (Å²) in [5.41, 5.74) is 4.82. The van der Waals surface area contributed by atoms with Crippen molar-refractivity contribution in [1.29, 1.82) is 0 Å². The Labute approximate surface area is 100 Å². The van der Waals surface area contributed by atoms with Gasteiger partial charge in [0.25, 0.3) is 0 Å². The van der Waals surface area contributed by atoms with E-state index >= 15 is 0 Å². The number of ether oxygens (including phenoxy) is 3. The van der Waals surface area contributed by atoms with Crippen molar-refractivity contribution in [3.8, 4) is 0 Å². The van der Waals surface area contributed by atoms with Gasteiger partial charge in [-0.3, -0.25) is 0 Å². The van der Waals surface area contributed by atoms with Crippen LogP contribution in [0.25, 0.3) is 0 Å². The monoisotopic (exact) mass is 249 g/mol. The van der Waals surface area contributed by atoms with E-state index in [-0.39, 0.29) is 0 Å². The first-order valence-electron chi connectivity index (χ1n) is 4.93. The predicted molar refractivity (Wildman–Crippen MR) is 60.2 cm³/mol. The average molecular weight is 249 g/mol. The highest BCUT2D eigenvalue weighted by Crippen LogP contribution is 2.13. The van der Waals surface area contributed by atoms with Crippen molar-refractivity contribution in [2.45, 2.75) is 26.7 Å². The fraction of sp³-hybridized carbons (Fsp3) is 0.600. The van der Waals surface area contributed by atoms with Crippen LogP contribution in [-0.4, -0.2) is 36.4 Å². The first-order valence-corrected chi connectivity index (χ1v) is 4.93. The molecule has 1 amide bonds. The predicted octanol–water partition coefficient (Wildman–Crippen LogP) is 1.09. The molecule has 7 nitrogen and oxygen atoms in total. The van der Waals surface area contributed by atoms with E-state index in [1.807, 2.05) is 0 Å². The van der Waals surface area contributed by atoms with E-state index in [0.29, 0.717) is 13.2 Å². The van der Waals surface area contributed by atoms with E-state index in [1.165, 1.54) is 6.92 Å². The Kier molecular flexibility index (Phi) is 10.1. The van der Waals surface area contributed by atoms with E-state index in [4.69, 9.17) is 20.3 Å². The van der Waals surface area contributed by atoms with Gasteiger partial charge in [0.15, 0.2) is 0 Å². The normalized spacial score (nSPS) is 9.82. The SMILES string of the molecule is C=CC(=O)O.CCOC(C)(OCC)OC(N)=O. The van der Waals surface area contributed by atoms with Crippen molar-refractivity contribution in [3.05, 3.63) is 12.7 Å². The quantitative estimate of drug-likeness (QED) is 0.538. The molecule has 0 unspecified atom stereocenters. The summed E-state index contributed by atoms with van der Waals surface area (Å²) < 4.78 is 14.7. The number of hydrogen-bond donors (Lipinski definition) is 2. The summed E-state index contributed by atoms with van der Waals surface area (Å²) in [6, 6.07) is 0. The molecule has 7 heteroatoms. The Balaban J connectivity index is 0. The third kappa shape index (κ3) is 12.3. The maximum atomic E-state index is 10.4. The molecule has 0 radical (unpaired) electrons. The van der Waals surface area contributed by atoms with E-state index < -0.39 is 18.0 Å². The molecule has 0 aromatic carbocycles. The van der Waals surface area contributed by atoms with Crippen LogP contribution >= 0.6 is 0 Å². The van der Waals surface area contributed by atoms with Crippen LogP contribution in [0.5, 0.6) is 0 Å². The second-order valence-electron chi connectivity index (χ2n) is 2.69. The third-order valence-corrected chi connectivity index (χ3v) is 1.27. The fourth-order valence-corrected chi connectivity index (χ4v) is 0.808. The summed E-state index contributed by atoms with van der Waals surface area (Å²) in [7, 11) is 0. The second kappa shape index (κ2) is 9.61. The summed E-state index contributed by atoms with van der Waals surface area (Å²) in [4.78, 5) is 19.7. The minimum absolute atomic E-state index is 0.379. The lowest BCUT2D eigenvalue weighted by atomic mass is 10.6. The lowest BCUT2D eigenvalue weighted by Gasteiger charge is -2.26. The highest BCUT2D eigenvalue weighted by molar-refractivity contribution is 5.78. The van der Waals surface area contributed by atoms with Crippen LogP contribution in [0.1, 0.15) is 20.8 Å². The third-order valence-electron chi connectivity index (χ3n) is 1.27. The Hall–Kier alpha value is -1.60. The van der Waals surface area contributed by atoms with Crippen LogP contribution in [0, 0.1) is 0 Å². The highest BCUT2D eigenvalue weighted by Gasteiger charge is 2.28. The molecule has 0 rings (SSSR count). The van der Waals surface area contributed by atoms with Crippen LogP contribution in [0.2, 0.25) is 0 Å². The van der Waals surface area contributed by atoms with Gasteiger partial charge in [0.2, 0.25) is 0 Å². The Morgan fingerprint density at radius 1 is 1.35 bits per heavy atom. The zero-order valence-electron chi connectivity index (χ0n) is 10.3. The molecular weight excluding hydrogens is 230 g/mol. The van der Waals surface area contributed by atoms with Gasteiger partial charge in [-0.2, -0.15) is 0 Å².